The number of hydrogen-bond acceptors (Lipinski definition) is 3. The topological polar surface area (TPSA) is 84.2 Å². The van der Waals surface area contributed by atoms with Crippen LogP contribution in [0.3, 0.4) is 0 Å². The third-order valence-electron chi connectivity index (χ3n) is 3.70. The second-order valence-electron chi connectivity index (χ2n) is 5.26. The predicted molar refractivity (Wildman–Crippen MR) is 73.8 cm³/mol. The summed E-state index contributed by atoms with van der Waals surface area (Å²) in [5, 5.41) is 15.9. The molecule has 1 aromatic heterocycles. The molecule has 6 heteroatoms. The molecule has 1 saturated carbocycles. The fourth-order valence-corrected chi connectivity index (χ4v) is 2.70. The predicted octanol–water partition coefficient (Wildman–Crippen LogP) is 1.34. The van der Waals surface area contributed by atoms with E-state index in [0.29, 0.717) is 0 Å². The highest BCUT2D eigenvalue weighted by Gasteiger charge is 2.36. The van der Waals surface area contributed by atoms with E-state index in [9.17, 15) is 9.59 Å². The van der Waals surface area contributed by atoms with Crippen LogP contribution in [0.25, 0.3) is 6.08 Å². The van der Waals surface area contributed by atoms with Crippen LogP contribution in [0.2, 0.25) is 0 Å². The lowest BCUT2D eigenvalue weighted by Gasteiger charge is -2.27. The van der Waals surface area contributed by atoms with E-state index in [0.717, 1.165) is 31.4 Å². The molecule has 1 fully saturated rings. The molecule has 0 saturated heterocycles. The van der Waals surface area contributed by atoms with Crippen molar-refractivity contribution in [3.8, 4) is 0 Å². The summed E-state index contributed by atoms with van der Waals surface area (Å²) in [6, 6.07) is 1.80. The van der Waals surface area contributed by atoms with Crippen molar-refractivity contribution in [1.29, 1.82) is 0 Å². The van der Waals surface area contributed by atoms with Gasteiger partial charge in [0, 0.05) is 19.3 Å². The number of carboxylic acid groups (broad SMARTS) is 1. The minimum atomic E-state index is -0.872. The largest absolute Gasteiger partial charge is 0.481 e. The molecule has 0 unspecified atom stereocenters. The van der Waals surface area contributed by atoms with E-state index in [1.807, 2.05) is 0 Å². The Morgan fingerprint density at radius 1 is 1.50 bits per heavy atom. The Kier molecular flexibility index (Phi) is 4.22. The van der Waals surface area contributed by atoms with Gasteiger partial charge in [-0.3, -0.25) is 14.3 Å². The molecule has 1 aromatic rings. The zero-order chi connectivity index (χ0) is 14.6. The summed E-state index contributed by atoms with van der Waals surface area (Å²) in [5.41, 5.74) is 0.235. The lowest BCUT2D eigenvalue weighted by atomic mass is 9.93. The normalized spacial score (nSPS) is 17.4. The van der Waals surface area contributed by atoms with Gasteiger partial charge in [0.25, 0.3) is 0 Å². The highest BCUT2D eigenvalue weighted by atomic mass is 16.4. The van der Waals surface area contributed by atoms with Crippen molar-refractivity contribution < 1.29 is 14.7 Å². The van der Waals surface area contributed by atoms with Gasteiger partial charge in [0.15, 0.2) is 0 Å². The first kappa shape index (κ1) is 14.3. The third-order valence-corrected chi connectivity index (χ3v) is 3.70. The molecule has 0 atom stereocenters. The summed E-state index contributed by atoms with van der Waals surface area (Å²) in [5.74, 6) is -1.13. The van der Waals surface area contributed by atoms with Crippen LogP contribution in [-0.2, 0) is 16.6 Å². The first-order valence-electron chi connectivity index (χ1n) is 6.71. The van der Waals surface area contributed by atoms with Gasteiger partial charge in [0.05, 0.1) is 17.7 Å². The number of aryl methyl sites for hydroxylation is 1. The smallest absolute Gasteiger partial charge is 0.305 e. The van der Waals surface area contributed by atoms with Crippen molar-refractivity contribution in [2.75, 3.05) is 0 Å². The number of nitrogens with one attached hydrogen (secondary N) is 1. The Hall–Kier alpha value is -2.11. The van der Waals surface area contributed by atoms with Crippen LogP contribution in [0.5, 0.6) is 0 Å². The molecular formula is C14H19N3O3. The highest BCUT2D eigenvalue weighted by Crippen LogP contribution is 2.32. The Balaban J connectivity index is 2.00. The van der Waals surface area contributed by atoms with E-state index in [-0.39, 0.29) is 12.3 Å². The first-order chi connectivity index (χ1) is 9.51. The maximum absolute atomic E-state index is 12.0. The monoisotopic (exact) mass is 277 g/mol. The quantitative estimate of drug-likeness (QED) is 0.795. The molecule has 6 nitrogen and oxygen atoms in total. The summed E-state index contributed by atoms with van der Waals surface area (Å²) in [7, 11) is 1.79. The Bertz CT molecular complexity index is 528. The zero-order valence-corrected chi connectivity index (χ0v) is 11.5. The maximum Gasteiger partial charge on any atom is 0.305 e. The summed E-state index contributed by atoms with van der Waals surface area (Å²) in [6.45, 7) is 0. The standard InChI is InChI=1S/C14H19N3O3/c1-17-11(6-9-15-17)4-5-12(18)16-14(10-13(19)20)7-2-3-8-14/h4-6,9H,2-3,7-8,10H2,1H3,(H,16,18)(H,19,20). The molecule has 2 rings (SSSR count). The molecule has 0 aliphatic heterocycles. The van der Waals surface area contributed by atoms with E-state index in [4.69, 9.17) is 5.11 Å². The number of hydrogen-bond donors (Lipinski definition) is 2. The Morgan fingerprint density at radius 2 is 2.20 bits per heavy atom. The van der Waals surface area contributed by atoms with E-state index >= 15 is 0 Å². The molecule has 108 valence electrons. The third kappa shape index (κ3) is 3.46. The van der Waals surface area contributed by atoms with Crippen molar-refractivity contribution in [3.05, 3.63) is 24.0 Å². The fourth-order valence-electron chi connectivity index (χ4n) is 2.70. The zero-order valence-electron chi connectivity index (χ0n) is 11.5. The van der Waals surface area contributed by atoms with Crippen LogP contribution < -0.4 is 5.32 Å². The Labute approximate surface area is 117 Å². The second kappa shape index (κ2) is 5.90. The average Bonchev–Trinajstić information content (AvgIpc) is 2.96. The fraction of sp³-hybridized carbons (Fsp3) is 0.500. The van der Waals surface area contributed by atoms with Crippen LogP contribution in [0.1, 0.15) is 37.8 Å². The molecule has 0 radical (unpaired) electrons. The number of aliphatic carboxylic acids is 1. The van der Waals surface area contributed by atoms with Gasteiger partial charge in [-0.1, -0.05) is 12.8 Å². The van der Waals surface area contributed by atoms with Gasteiger partial charge < -0.3 is 10.4 Å². The lowest BCUT2D eigenvalue weighted by molar-refractivity contribution is -0.139. The maximum atomic E-state index is 12.0. The van der Waals surface area contributed by atoms with Crippen LogP contribution in [0, 0.1) is 0 Å². The van der Waals surface area contributed by atoms with Gasteiger partial charge in [0.2, 0.25) is 5.91 Å². The van der Waals surface area contributed by atoms with Crippen molar-refractivity contribution >= 4 is 18.0 Å². The highest BCUT2D eigenvalue weighted by molar-refractivity contribution is 5.92. The lowest BCUT2D eigenvalue weighted by Crippen LogP contribution is -2.47. The molecule has 0 aromatic carbocycles. The first-order valence-corrected chi connectivity index (χ1v) is 6.71. The molecule has 0 spiro atoms. The number of nitrogens with zero attached hydrogens (tertiary/aromatic N) is 2. The number of amides is 1. The average molecular weight is 277 g/mol. The SMILES string of the molecule is Cn1nccc1C=CC(=O)NC1(CC(=O)O)CCCC1. The van der Waals surface area contributed by atoms with E-state index in [1.54, 1.807) is 30.1 Å². The number of carboxylic acids is 1. The number of aromatic nitrogens is 2. The van der Waals surface area contributed by atoms with Gasteiger partial charge in [-0.05, 0) is 25.0 Å². The summed E-state index contributed by atoms with van der Waals surface area (Å²) < 4.78 is 1.66. The van der Waals surface area contributed by atoms with Crippen molar-refractivity contribution in [2.24, 2.45) is 7.05 Å². The number of carbonyl (C=O) groups is 2. The molecule has 2 N–H and O–H groups in total. The Morgan fingerprint density at radius 3 is 2.75 bits per heavy atom. The molecular weight excluding hydrogens is 258 g/mol. The van der Waals surface area contributed by atoms with Crippen molar-refractivity contribution in [1.82, 2.24) is 15.1 Å². The van der Waals surface area contributed by atoms with Crippen LogP contribution >= 0.6 is 0 Å². The molecule has 1 aliphatic rings. The summed E-state index contributed by atoms with van der Waals surface area (Å²) >= 11 is 0. The van der Waals surface area contributed by atoms with Gasteiger partial charge in [-0.25, -0.2) is 0 Å². The minimum Gasteiger partial charge on any atom is -0.481 e. The second-order valence-corrected chi connectivity index (χ2v) is 5.26. The molecule has 0 bridgehead atoms. The van der Waals surface area contributed by atoms with E-state index < -0.39 is 11.5 Å². The minimum absolute atomic E-state index is 0.0156. The molecule has 20 heavy (non-hydrogen) atoms. The van der Waals surface area contributed by atoms with Gasteiger partial charge in [-0.15, -0.1) is 0 Å². The van der Waals surface area contributed by atoms with E-state index in [1.165, 1.54) is 6.08 Å². The van der Waals surface area contributed by atoms with Crippen molar-refractivity contribution in [2.45, 2.75) is 37.6 Å². The van der Waals surface area contributed by atoms with Crippen LogP contribution in [0.4, 0.5) is 0 Å². The number of rotatable bonds is 5. The van der Waals surface area contributed by atoms with Gasteiger partial charge in [0.1, 0.15) is 0 Å². The molecule has 1 aliphatic carbocycles. The molecule has 1 amide bonds. The molecule has 1 heterocycles. The number of carbonyl (C=O) groups excluding carboxylic acids is 1. The van der Waals surface area contributed by atoms with Gasteiger partial charge >= 0.3 is 5.97 Å². The van der Waals surface area contributed by atoms with E-state index in [2.05, 4.69) is 10.4 Å². The summed E-state index contributed by atoms with van der Waals surface area (Å²) in [4.78, 5) is 22.9. The van der Waals surface area contributed by atoms with Crippen LogP contribution in [0.15, 0.2) is 18.3 Å². The van der Waals surface area contributed by atoms with Crippen LogP contribution in [-0.4, -0.2) is 32.3 Å². The van der Waals surface area contributed by atoms with Gasteiger partial charge in [-0.2, -0.15) is 5.10 Å². The van der Waals surface area contributed by atoms with Crippen molar-refractivity contribution in [3.63, 3.8) is 0 Å². The summed E-state index contributed by atoms with van der Waals surface area (Å²) in [6.07, 6.45) is 8.11.